The monoisotopic (exact) mass is 248 g/mol. The molecule has 88 valence electrons. The molecular weight excluding hydrogens is 236 g/mol. The zero-order valence-electron chi connectivity index (χ0n) is 9.18. The highest BCUT2D eigenvalue weighted by molar-refractivity contribution is 7.16. The number of anilines is 1. The van der Waals surface area contributed by atoms with Crippen molar-refractivity contribution in [1.82, 2.24) is 4.98 Å². The highest BCUT2D eigenvalue weighted by Gasteiger charge is 2.23. The number of hydrogen-bond donors (Lipinski definition) is 1. The van der Waals surface area contributed by atoms with Crippen LogP contribution in [0.15, 0.2) is 23.7 Å². The second-order valence-corrected chi connectivity index (χ2v) is 4.97. The number of aromatic nitrogens is 1. The Hall–Kier alpha value is -1.46. The van der Waals surface area contributed by atoms with Crippen molar-refractivity contribution in [2.24, 2.45) is 5.92 Å². The van der Waals surface area contributed by atoms with E-state index in [0.717, 1.165) is 22.3 Å². The fourth-order valence-corrected chi connectivity index (χ4v) is 2.58. The lowest BCUT2D eigenvalue weighted by atomic mass is 10.1. The average Bonchev–Trinajstić information content (AvgIpc) is 2.99. The molecule has 1 saturated heterocycles. The third kappa shape index (κ3) is 2.16. The molecule has 2 heterocycles. The van der Waals surface area contributed by atoms with Crippen LogP contribution in [0.1, 0.15) is 6.42 Å². The van der Waals surface area contributed by atoms with Gasteiger partial charge in [0.05, 0.1) is 28.3 Å². The van der Waals surface area contributed by atoms with E-state index in [1.54, 1.807) is 16.8 Å². The number of nitrogens with zero attached hydrogens (tertiary/aromatic N) is 1. The molecule has 1 aliphatic rings. The van der Waals surface area contributed by atoms with E-state index in [-0.39, 0.29) is 11.8 Å². The summed E-state index contributed by atoms with van der Waals surface area (Å²) in [6, 6.07) is 5.79. The molecule has 1 N–H and O–H groups in total. The summed E-state index contributed by atoms with van der Waals surface area (Å²) in [6.45, 7) is 1.22. The fraction of sp³-hybridized carbons (Fsp3) is 0.333. The lowest BCUT2D eigenvalue weighted by Gasteiger charge is -2.08. The molecule has 0 aliphatic carbocycles. The predicted molar refractivity (Wildman–Crippen MR) is 67.2 cm³/mol. The molecule has 0 saturated carbocycles. The Balaban J connectivity index is 1.77. The largest absolute Gasteiger partial charge is 0.381 e. The normalized spacial score (nSPS) is 19.6. The van der Waals surface area contributed by atoms with Gasteiger partial charge in [0.15, 0.2) is 0 Å². The van der Waals surface area contributed by atoms with Gasteiger partial charge in [0.2, 0.25) is 5.91 Å². The quantitative estimate of drug-likeness (QED) is 0.887. The Morgan fingerprint density at radius 3 is 3.29 bits per heavy atom. The summed E-state index contributed by atoms with van der Waals surface area (Å²) < 4.78 is 6.33. The van der Waals surface area contributed by atoms with E-state index in [1.165, 1.54) is 0 Å². The van der Waals surface area contributed by atoms with Gasteiger partial charge < -0.3 is 10.1 Å². The molecule has 1 atom stereocenters. The third-order valence-corrected chi connectivity index (χ3v) is 3.71. The van der Waals surface area contributed by atoms with Crippen molar-refractivity contribution < 1.29 is 9.53 Å². The Labute approximate surface area is 103 Å². The molecule has 1 aromatic heterocycles. The van der Waals surface area contributed by atoms with Gasteiger partial charge in [-0.05, 0) is 24.6 Å². The van der Waals surface area contributed by atoms with Crippen LogP contribution < -0.4 is 5.32 Å². The van der Waals surface area contributed by atoms with Gasteiger partial charge in [-0.1, -0.05) is 0 Å². The summed E-state index contributed by atoms with van der Waals surface area (Å²) >= 11 is 1.60. The Morgan fingerprint density at radius 2 is 2.47 bits per heavy atom. The van der Waals surface area contributed by atoms with Gasteiger partial charge in [-0.3, -0.25) is 4.79 Å². The van der Waals surface area contributed by atoms with E-state index in [9.17, 15) is 4.79 Å². The van der Waals surface area contributed by atoms with Crippen LogP contribution in [-0.2, 0) is 9.53 Å². The van der Waals surface area contributed by atoms with Crippen molar-refractivity contribution >= 4 is 33.1 Å². The molecule has 2 aromatic rings. The molecule has 3 rings (SSSR count). The van der Waals surface area contributed by atoms with Crippen LogP contribution in [-0.4, -0.2) is 24.1 Å². The molecular formula is C12H12N2O2S. The van der Waals surface area contributed by atoms with Crippen LogP contribution in [0, 0.1) is 5.92 Å². The Bertz CT molecular complexity index is 546. The van der Waals surface area contributed by atoms with Crippen LogP contribution >= 0.6 is 11.3 Å². The number of fused-ring (bicyclic) bond motifs is 1. The summed E-state index contributed by atoms with van der Waals surface area (Å²) in [7, 11) is 0. The van der Waals surface area contributed by atoms with Crippen LogP contribution in [0.4, 0.5) is 5.69 Å². The second kappa shape index (κ2) is 4.43. The predicted octanol–water partition coefficient (Wildman–Crippen LogP) is 2.27. The summed E-state index contributed by atoms with van der Waals surface area (Å²) in [5.74, 6) is 0.0261. The molecule has 0 radical (unpaired) electrons. The molecule has 0 bridgehead atoms. The average molecular weight is 248 g/mol. The number of thiazole rings is 1. The van der Waals surface area contributed by atoms with Crippen LogP contribution in [0.5, 0.6) is 0 Å². The van der Waals surface area contributed by atoms with Crippen molar-refractivity contribution in [3.05, 3.63) is 23.7 Å². The maximum Gasteiger partial charge on any atom is 0.229 e. The Kier molecular flexibility index (Phi) is 2.78. The molecule has 1 fully saturated rings. The number of rotatable bonds is 2. The molecule has 0 spiro atoms. The summed E-state index contributed by atoms with van der Waals surface area (Å²) in [4.78, 5) is 16.1. The first kappa shape index (κ1) is 10.7. The number of amides is 1. The minimum absolute atomic E-state index is 0.0128. The van der Waals surface area contributed by atoms with Gasteiger partial charge in [0.1, 0.15) is 0 Å². The molecule has 17 heavy (non-hydrogen) atoms. The first-order chi connectivity index (χ1) is 8.33. The van der Waals surface area contributed by atoms with Gasteiger partial charge in [0.25, 0.3) is 0 Å². The summed E-state index contributed by atoms with van der Waals surface area (Å²) in [5.41, 5.74) is 3.54. The van der Waals surface area contributed by atoms with Crippen molar-refractivity contribution in [2.45, 2.75) is 6.42 Å². The number of carbonyl (C=O) groups excluding carboxylic acids is 1. The first-order valence-electron chi connectivity index (χ1n) is 5.55. The van der Waals surface area contributed by atoms with E-state index >= 15 is 0 Å². The highest BCUT2D eigenvalue weighted by Crippen LogP contribution is 2.22. The van der Waals surface area contributed by atoms with E-state index in [0.29, 0.717) is 13.2 Å². The summed E-state index contributed by atoms with van der Waals surface area (Å²) in [6.07, 6.45) is 0.810. The number of carbonyl (C=O) groups is 1. The van der Waals surface area contributed by atoms with Gasteiger partial charge in [-0.2, -0.15) is 0 Å². The lowest BCUT2D eigenvalue weighted by Crippen LogP contribution is -2.22. The number of hydrogen-bond acceptors (Lipinski definition) is 4. The maximum atomic E-state index is 11.9. The fourth-order valence-electron chi connectivity index (χ4n) is 1.92. The number of benzene rings is 1. The van der Waals surface area contributed by atoms with E-state index in [1.807, 2.05) is 18.2 Å². The topological polar surface area (TPSA) is 51.2 Å². The van der Waals surface area contributed by atoms with Gasteiger partial charge >= 0.3 is 0 Å². The van der Waals surface area contributed by atoms with Crippen LogP contribution in [0.3, 0.4) is 0 Å². The molecule has 1 aliphatic heterocycles. The molecule has 1 unspecified atom stereocenters. The molecule has 1 aromatic carbocycles. The third-order valence-electron chi connectivity index (χ3n) is 2.90. The number of nitrogens with one attached hydrogen (secondary N) is 1. The number of ether oxygens (including phenoxy) is 1. The van der Waals surface area contributed by atoms with E-state index in [2.05, 4.69) is 10.3 Å². The van der Waals surface area contributed by atoms with E-state index in [4.69, 9.17) is 4.74 Å². The van der Waals surface area contributed by atoms with Crippen molar-refractivity contribution in [3.8, 4) is 0 Å². The van der Waals surface area contributed by atoms with Gasteiger partial charge in [0, 0.05) is 12.3 Å². The van der Waals surface area contributed by atoms with Crippen molar-refractivity contribution in [2.75, 3.05) is 18.5 Å². The SMILES string of the molecule is O=C(Nc1ccc2scnc2c1)C1CCOC1. The van der Waals surface area contributed by atoms with Crippen molar-refractivity contribution in [3.63, 3.8) is 0 Å². The van der Waals surface area contributed by atoms with Crippen LogP contribution in [0.25, 0.3) is 10.2 Å². The highest BCUT2D eigenvalue weighted by atomic mass is 32.1. The minimum atomic E-state index is -0.0128. The van der Waals surface area contributed by atoms with Gasteiger partial charge in [-0.25, -0.2) is 4.98 Å². The second-order valence-electron chi connectivity index (χ2n) is 4.08. The zero-order chi connectivity index (χ0) is 11.7. The standard InChI is InChI=1S/C12H12N2O2S/c15-12(8-3-4-16-6-8)14-9-1-2-11-10(5-9)13-7-17-11/h1-2,5,7-8H,3-4,6H2,(H,14,15). The summed E-state index contributed by atoms with van der Waals surface area (Å²) in [5, 5.41) is 2.91. The van der Waals surface area contributed by atoms with E-state index < -0.39 is 0 Å². The molecule has 5 heteroatoms. The van der Waals surface area contributed by atoms with Crippen molar-refractivity contribution in [1.29, 1.82) is 0 Å². The van der Waals surface area contributed by atoms with Crippen LogP contribution in [0.2, 0.25) is 0 Å². The first-order valence-corrected chi connectivity index (χ1v) is 6.43. The smallest absolute Gasteiger partial charge is 0.229 e. The zero-order valence-corrected chi connectivity index (χ0v) is 10.00. The molecule has 1 amide bonds. The van der Waals surface area contributed by atoms with Gasteiger partial charge in [-0.15, -0.1) is 11.3 Å². The lowest BCUT2D eigenvalue weighted by molar-refractivity contribution is -0.119. The maximum absolute atomic E-state index is 11.9. The Morgan fingerprint density at radius 1 is 1.53 bits per heavy atom. The minimum Gasteiger partial charge on any atom is -0.381 e. The molecule has 4 nitrogen and oxygen atoms in total.